The molecule has 3 aromatic carbocycles. The van der Waals surface area contributed by atoms with Gasteiger partial charge in [-0.2, -0.15) is 0 Å². The average Bonchev–Trinajstić information content (AvgIpc) is 3.13. The molecular weight excluding hydrogens is 400 g/mol. The minimum Gasteiger partial charge on any atom is -0.488 e. The highest BCUT2D eigenvalue weighted by atomic mass is 19.1. The van der Waals surface area contributed by atoms with Gasteiger partial charge in [-0.15, -0.1) is 0 Å². The number of nitrogens with one attached hydrogen (secondary N) is 1. The first-order valence-corrected chi connectivity index (χ1v) is 10.0. The van der Waals surface area contributed by atoms with E-state index in [0.29, 0.717) is 12.0 Å². The summed E-state index contributed by atoms with van der Waals surface area (Å²) in [6, 6.07) is 16.3. The smallest absolute Gasteiger partial charge is 0.224 e. The fourth-order valence-electron chi connectivity index (χ4n) is 3.83. The van der Waals surface area contributed by atoms with Gasteiger partial charge in [0, 0.05) is 18.1 Å². The molecule has 0 unspecified atom stereocenters. The zero-order chi connectivity index (χ0) is 22.0. The summed E-state index contributed by atoms with van der Waals surface area (Å²) in [6.45, 7) is 1.83. The van der Waals surface area contributed by atoms with Crippen LogP contribution in [0.1, 0.15) is 28.4 Å². The number of rotatable bonds is 6. The van der Waals surface area contributed by atoms with Gasteiger partial charge < -0.3 is 10.1 Å². The first-order chi connectivity index (χ1) is 14.9. The molecule has 0 spiro atoms. The van der Waals surface area contributed by atoms with Gasteiger partial charge in [-0.3, -0.25) is 9.59 Å². The van der Waals surface area contributed by atoms with Gasteiger partial charge in [0.25, 0.3) is 0 Å². The lowest BCUT2D eigenvalue weighted by Gasteiger charge is -2.12. The second-order valence-corrected chi connectivity index (χ2v) is 7.63. The van der Waals surface area contributed by atoms with Crippen molar-refractivity contribution in [1.82, 2.24) is 5.32 Å². The molecule has 0 radical (unpaired) electrons. The first kappa shape index (κ1) is 20.7. The van der Waals surface area contributed by atoms with Crippen molar-refractivity contribution in [3.8, 4) is 16.9 Å². The summed E-state index contributed by atoms with van der Waals surface area (Å²) >= 11 is 0. The van der Waals surface area contributed by atoms with Gasteiger partial charge in [0.2, 0.25) is 5.91 Å². The first-order valence-electron chi connectivity index (χ1n) is 10.0. The zero-order valence-electron chi connectivity index (χ0n) is 17.0. The number of halogens is 2. The number of ether oxygens (including phenoxy) is 1. The monoisotopic (exact) mass is 421 g/mol. The van der Waals surface area contributed by atoms with E-state index in [9.17, 15) is 18.4 Å². The Morgan fingerprint density at radius 3 is 2.52 bits per heavy atom. The van der Waals surface area contributed by atoms with Gasteiger partial charge in [-0.05, 0) is 53.4 Å². The van der Waals surface area contributed by atoms with Gasteiger partial charge in [0.1, 0.15) is 23.5 Å². The van der Waals surface area contributed by atoms with Crippen LogP contribution in [0.5, 0.6) is 5.75 Å². The summed E-state index contributed by atoms with van der Waals surface area (Å²) in [7, 11) is 0. The molecule has 1 atom stereocenters. The molecule has 1 heterocycles. The molecule has 0 aliphatic carbocycles. The largest absolute Gasteiger partial charge is 0.488 e. The molecule has 0 saturated carbocycles. The van der Waals surface area contributed by atoms with Gasteiger partial charge >= 0.3 is 0 Å². The number of fused-ring (bicyclic) bond motifs is 1. The maximum Gasteiger partial charge on any atom is 0.224 e. The van der Waals surface area contributed by atoms with Crippen LogP contribution in [0.15, 0.2) is 60.7 Å². The topological polar surface area (TPSA) is 55.4 Å². The molecule has 1 amide bonds. The van der Waals surface area contributed by atoms with Crippen LogP contribution < -0.4 is 10.1 Å². The fourth-order valence-corrected chi connectivity index (χ4v) is 3.83. The Bertz CT molecular complexity index is 1140. The van der Waals surface area contributed by atoms with E-state index in [1.807, 2.05) is 42.5 Å². The van der Waals surface area contributed by atoms with Crippen LogP contribution in [0.4, 0.5) is 8.78 Å². The van der Waals surface area contributed by atoms with Gasteiger partial charge in [0.15, 0.2) is 5.78 Å². The number of hydrogen-bond acceptors (Lipinski definition) is 3. The second kappa shape index (κ2) is 8.68. The predicted octanol–water partition coefficient (Wildman–Crippen LogP) is 4.50. The quantitative estimate of drug-likeness (QED) is 0.597. The fraction of sp³-hybridized carbons (Fsp3) is 0.200. The summed E-state index contributed by atoms with van der Waals surface area (Å²) in [5.74, 6) is -0.999. The highest BCUT2D eigenvalue weighted by Gasteiger charge is 2.24. The molecule has 1 aliphatic heterocycles. The normalized spacial score (nSPS) is 14.6. The molecule has 4 nitrogen and oxygen atoms in total. The molecular formula is C25H21F2NO3. The van der Waals surface area contributed by atoms with Crippen molar-refractivity contribution in [2.75, 3.05) is 6.54 Å². The Kier molecular flexibility index (Phi) is 5.80. The highest BCUT2D eigenvalue weighted by Crippen LogP contribution is 2.34. The predicted molar refractivity (Wildman–Crippen MR) is 113 cm³/mol. The zero-order valence-corrected chi connectivity index (χ0v) is 17.0. The van der Waals surface area contributed by atoms with E-state index in [1.165, 1.54) is 0 Å². The summed E-state index contributed by atoms with van der Waals surface area (Å²) in [6.07, 6.45) is 0.266. The number of hydrogen-bond donors (Lipinski definition) is 1. The summed E-state index contributed by atoms with van der Waals surface area (Å²) in [5, 5.41) is 2.76. The highest BCUT2D eigenvalue weighted by molar-refractivity contribution is 6.00. The maximum atomic E-state index is 13.3. The van der Waals surface area contributed by atoms with Crippen molar-refractivity contribution in [2.45, 2.75) is 25.9 Å². The Morgan fingerprint density at radius 1 is 1.03 bits per heavy atom. The molecule has 0 bridgehead atoms. The standard InChI is InChI=1S/C25H21F2NO3/c1-15(29)22-4-2-3-5-23(22)17-6-7-24-18(11-17)12-21(31-24)14-28-25(30)10-16-8-19(26)13-20(27)9-16/h2-9,11,13,21H,10,12,14H2,1H3,(H,28,30)/t21-/m1/s1. The Morgan fingerprint density at radius 2 is 1.77 bits per heavy atom. The number of carbonyl (C=O) groups excluding carboxylic acids is 2. The van der Waals surface area contributed by atoms with E-state index in [4.69, 9.17) is 4.74 Å². The molecule has 31 heavy (non-hydrogen) atoms. The van der Waals surface area contributed by atoms with E-state index in [1.54, 1.807) is 6.92 Å². The molecule has 158 valence electrons. The van der Waals surface area contributed by atoms with Crippen molar-refractivity contribution >= 4 is 11.7 Å². The lowest BCUT2D eigenvalue weighted by molar-refractivity contribution is -0.120. The third-order valence-corrected chi connectivity index (χ3v) is 5.23. The molecule has 1 N–H and O–H groups in total. The average molecular weight is 421 g/mol. The number of Topliss-reactive ketones (excluding diaryl/α,β-unsaturated/α-hetero) is 1. The van der Waals surface area contributed by atoms with Crippen molar-refractivity contribution in [3.63, 3.8) is 0 Å². The summed E-state index contributed by atoms with van der Waals surface area (Å²) in [5.41, 5.74) is 3.75. The molecule has 4 rings (SSSR count). The molecule has 0 aromatic heterocycles. The van der Waals surface area contributed by atoms with Crippen molar-refractivity contribution < 1.29 is 23.1 Å². The van der Waals surface area contributed by atoms with Gasteiger partial charge in [-0.25, -0.2) is 8.78 Å². The second-order valence-electron chi connectivity index (χ2n) is 7.63. The van der Waals surface area contributed by atoms with Crippen LogP contribution in [0.25, 0.3) is 11.1 Å². The number of ketones is 1. The minimum atomic E-state index is -0.709. The maximum absolute atomic E-state index is 13.3. The number of amides is 1. The lowest BCUT2D eigenvalue weighted by atomic mass is 9.95. The van der Waals surface area contributed by atoms with Gasteiger partial charge in [0.05, 0.1) is 13.0 Å². The SMILES string of the molecule is CC(=O)c1ccccc1-c1ccc2c(c1)C[C@H](CNC(=O)Cc1cc(F)cc(F)c1)O2. The minimum absolute atomic E-state index is 0.00566. The van der Waals surface area contributed by atoms with E-state index in [2.05, 4.69) is 5.32 Å². The van der Waals surface area contributed by atoms with E-state index in [-0.39, 0.29) is 36.3 Å². The number of benzene rings is 3. The van der Waals surface area contributed by atoms with Crippen LogP contribution in [0.2, 0.25) is 0 Å². The molecule has 1 aliphatic rings. The van der Waals surface area contributed by atoms with E-state index in [0.717, 1.165) is 40.6 Å². The third-order valence-electron chi connectivity index (χ3n) is 5.23. The number of carbonyl (C=O) groups is 2. The van der Waals surface area contributed by atoms with Crippen molar-refractivity contribution in [3.05, 3.63) is 89.0 Å². The molecule has 0 fully saturated rings. The van der Waals surface area contributed by atoms with Crippen LogP contribution >= 0.6 is 0 Å². The van der Waals surface area contributed by atoms with Crippen LogP contribution in [0.3, 0.4) is 0 Å². The van der Waals surface area contributed by atoms with Crippen LogP contribution in [-0.2, 0) is 17.6 Å². The van der Waals surface area contributed by atoms with Crippen LogP contribution in [-0.4, -0.2) is 24.3 Å². The van der Waals surface area contributed by atoms with Crippen molar-refractivity contribution in [2.24, 2.45) is 0 Å². The van der Waals surface area contributed by atoms with Crippen molar-refractivity contribution in [1.29, 1.82) is 0 Å². The van der Waals surface area contributed by atoms with Gasteiger partial charge in [-0.1, -0.05) is 30.3 Å². The van der Waals surface area contributed by atoms with E-state index >= 15 is 0 Å². The van der Waals surface area contributed by atoms with E-state index < -0.39 is 11.6 Å². The third kappa shape index (κ3) is 4.79. The molecule has 0 saturated heterocycles. The van der Waals surface area contributed by atoms with Crippen LogP contribution in [0, 0.1) is 11.6 Å². The Balaban J connectivity index is 1.39. The lowest BCUT2D eigenvalue weighted by Crippen LogP contribution is -2.35. The summed E-state index contributed by atoms with van der Waals surface area (Å²) in [4.78, 5) is 24.1. The molecule has 6 heteroatoms. The Hall–Kier alpha value is -3.54. The Labute approximate surface area is 178 Å². The molecule has 3 aromatic rings. The summed E-state index contributed by atoms with van der Waals surface area (Å²) < 4.78 is 32.5.